The Hall–Kier alpha value is -9.36. The van der Waals surface area contributed by atoms with E-state index in [1.165, 1.54) is 165 Å². The Kier molecular flexibility index (Phi) is 11.0. The summed E-state index contributed by atoms with van der Waals surface area (Å²) in [4.78, 5) is 0. The maximum atomic E-state index is 2.59. The minimum Gasteiger partial charge on any atom is -0.0642 e. The Bertz CT molecular complexity index is 4790. The minimum absolute atomic E-state index is 0.0178. The molecule has 0 saturated heterocycles. The summed E-state index contributed by atoms with van der Waals surface area (Å²) in [7, 11) is 0. The van der Waals surface area contributed by atoms with E-state index in [0.717, 1.165) is 25.7 Å². The van der Waals surface area contributed by atoms with Crippen LogP contribution in [0.3, 0.4) is 0 Å². The Morgan fingerprint density at radius 2 is 0.427 bits per heavy atom. The second-order valence-corrected chi connectivity index (χ2v) is 23.3. The highest BCUT2D eigenvalue weighted by atomic mass is 14.5. The Balaban J connectivity index is 0.882. The zero-order chi connectivity index (χ0) is 54.8. The van der Waals surface area contributed by atoms with Gasteiger partial charge in [-0.1, -0.05) is 264 Å². The van der Waals surface area contributed by atoms with Gasteiger partial charge in [0.25, 0.3) is 0 Å². The van der Waals surface area contributed by atoms with Gasteiger partial charge in [0, 0.05) is 10.8 Å². The Morgan fingerprint density at radius 3 is 0.732 bits per heavy atom. The van der Waals surface area contributed by atoms with E-state index in [1.807, 2.05) is 0 Å². The first kappa shape index (κ1) is 48.5. The zero-order valence-electron chi connectivity index (χ0n) is 47.1. The predicted octanol–water partition coefficient (Wildman–Crippen LogP) is 23.1. The van der Waals surface area contributed by atoms with Gasteiger partial charge in [0.2, 0.25) is 0 Å². The smallest absolute Gasteiger partial charge is 0.0210 e. The van der Waals surface area contributed by atoms with E-state index < -0.39 is 0 Å². The first-order valence-corrected chi connectivity index (χ1v) is 29.9. The third-order valence-corrected chi connectivity index (χ3v) is 20.0. The van der Waals surface area contributed by atoms with Crippen molar-refractivity contribution in [1.29, 1.82) is 0 Å². The van der Waals surface area contributed by atoms with Crippen LogP contribution in [0.2, 0.25) is 0 Å². The third kappa shape index (κ3) is 6.67. The molecule has 0 amide bonds. The summed E-state index contributed by atoms with van der Waals surface area (Å²) in [5, 5.41) is 15.4. The van der Waals surface area contributed by atoms with Crippen LogP contribution in [0.4, 0.5) is 0 Å². The fraction of sp³-hybridized carbons (Fsp3) is 0.122. The molecule has 16 rings (SSSR count). The predicted molar refractivity (Wildman–Crippen MR) is 352 cm³/mol. The maximum Gasteiger partial charge on any atom is 0.0210 e. The fourth-order valence-corrected chi connectivity index (χ4v) is 16.2. The lowest BCUT2D eigenvalue weighted by atomic mass is 9.72. The summed E-state index contributed by atoms with van der Waals surface area (Å²) in [5.74, 6) is 0. The molecule has 14 aromatic carbocycles. The molecule has 2 aliphatic carbocycles. The summed E-state index contributed by atoms with van der Waals surface area (Å²) in [6.07, 6.45) is 4.12. The normalized spacial score (nSPS) is 13.8. The number of hydrogen-bond acceptors (Lipinski definition) is 0. The Labute approximate surface area is 481 Å². The van der Waals surface area contributed by atoms with Crippen LogP contribution < -0.4 is 0 Å². The molecule has 2 aliphatic rings. The van der Waals surface area contributed by atoms with E-state index >= 15 is 0 Å². The molecule has 390 valence electrons. The van der Waals surface area contributed by atoms with Crippen LogP contribution in [0, 0.1) is 0 Å². The van der Waals surface area contributed by atoms with Crippen molar-refractivity contribution in [2.45, 2.75) is 64.2 Å². The molecule has 0 nitrogen and oxygen atoms in total. The summed E-state index contributed by atoms with van der Waals surface area (Å²) in [6.45, 7) is 9.57. The average Bonchev–Trinajstić information content (AvgIpc) is 4.11. The molecule has 0 saturated carbocycles. The second-order valence-electron chi connectivity index (χ2n) is 23.3. The minimum atomic E-state index is -0.172. The van der Waals surface area contributed by atoms with Gasteiger partial charge in [0.05, 0.1) is 0 Å². The zero-order valence-corrected chi connectivity index (χ0v) is 47.1. The maximum absolute atomic E-state index is 2.59. The van der Waals surface area contributed by atoms with E-state index in [1.54, 1.807) is 0 Å². The number of rotatable bonds is 9. The fourth-order valence-electron chi connectivity index (χ4n) is 16.2. The first-order valence-electron chi connectivity index (χ1n) is 29.9. The molecule has 0 N–H and O–H groups in total. The van der Waals surface area contributed by atoms with Crippen molar-refractivity contribution in [1.82, 2.24) is 0 Å². The molecule has 82 heavy (non-hydrogen) atoms. The lowest BCUT2D eigenvalue weighted by molar-refractivity contribution is 0.490. The average molecular weight is 1050 g/mol. The van der Waals surface area contributed by atoms with Crippen molar-refractivity contribution in [2.24, 2.45) is 0 Å². The molecule has 14 aromatic rings. The third-order valence-electron chi connectivity index (χ3n) is 20.0. The molecule has 0 aromatic heterocycles. The van der Waals surface area contributed by atoms with E-state index in [9.17, 15) is 0 Å². The second kappa shape index (κ2) is 18.6. The van der Waals surface area contributed by atoms with Gasteiger partial charge in [-0.2, -0.15) is 0 Å². The van der Waals surface area contributed by atoms with Crippen molar-refractivity contribution in [2.75, 3.05) is 0 Å². The van der Waals surface area contributed by atoms with E-state index in [-0.39, 0.29) is 10.8 Å². The molecule has 0 aliphatic heterocycles. The van der Waals surface area contributed by atoms with E-state index in [0.29, 0.717) is 0 Å². The molecule has 0 heterocycles. The van der Waals surface area contributed by atoms with Crippen molar-refractivity contribution in [3.63, 3.8) is 0 Å². The van der Waals surface area contributed by atoms with Crippen molar-refractivity contribution < 1.29 is 0 Å². The Morgan fingerprint density at radius 1 is 0.195 bits per heavy atom. The van der Waals surface area contributed by atoms with Gasteiger partial charge >= 0.3 is 0 Å². The monoisotopic (exact) mass is 1050 g/mol. The van der Waals surface area contributed by atoms with E-state index in [4.69, 9.17) is 0 Å². The lowest BCUT2D eigenvalue weighted by Crippen LogP contribution is -2.23. The van der Waals surface area contributed by atoms with Crippen LogP contribution in [-0.4, -0.2) is 0 Å². The molecule has 0 spiro atoms. The highest BCUT2D eigenvalue weighted by Gasteiger charge is 2.42. The largest absolute Gasteiger partial charge is 0.0642 e. The van der Waals surface area contributed by atoms with Crippen LogP contribution in [0.1, 0.15) is 75.6 Å². The van der Waals surface area contributed by atoms with Gasteiger partial charge in [-0.25, -0.2) is 0 Å². The molecule has 0 atom stereocenters. The summed E-state index contributed by atoms with van der Waals surface area (Å²) >= 11 is 0. The molecular weight excluding hydrogens is 985 g/mol. The van der Waals surface area contributed by atoms with Crippen molar-refractivity contribution in [3.05, 3.63) is 277 Å². The van der Waals surface area contributed by atoms with E-state index in [2.05, 4.69) is 282 Å². The molecule has 0 radical (unpaired) electrons. The van der Waals surface area contributed by atoms with Crippen LogP contribution in [0.15, 0.2) is 255 Å². The van der Waals surface area contributed by atoms with Crippen molar-refractivity contribution in [3.8, 4) is 77.9 Å². The number of benzene rings is 14. The topological polar surface area (TPSA) is 0 Å². The summed E-state index contributed by atoms with van der Waals surface area (Å²) < 4.78 is 0. The van der Waals surface area contributed by atoms with Gasteiger partial charge in [-0.05, 0) is 209 Å². The van der Waals surface area contributed by atoms with Crippen LogP contribution >= 0.6 is 0 Å². The van der Waals surface area contributed by atoms with Gasteiger partial charge in [0.1, 0.15) is 0 Å². The van der Waals surface area contributed by atoms with Gasteiger partial charge < -0.3 is 0 Å². The van der Waals surface area contributed by atoms with Gasteiger partial charge in [-0.3, -0.25) is 0 Å². The van der Waals surface area contributed by atoms with Gasteiger partial charge in [-0.15, -0.1) is 0 Å². The highest BCUT2D eigenvalue weighted by Crippen LogP contribution is 2.58. The quantitative estimate of drug-likeness (QED) is 0.126. The van der Waals surface area contributed by atoms with Crippen LogP contribution in [0.25, 0.3) is 143 Å². The molecule has 0 bridgehead atoms. The summed E-state index contributed by atoms with van der Waals surface area (Å²) in [6, 6.07) is 97.5. The highest BCUT2D eigenvalue weighted by molar-refractivity contribution is 6.30. The van der Waals surface area contributed by atoms with Crippen molar-refractivity contribution >= 4 is 64.6 Å². The summed E-state index contributed by atoms with van der Waals surface area (Å²) in [5.41, 5.74) is 24.0. The molecular formula is C82H62. The molecule has 0 heteroatoms. The lowest BCUT2D eigenvalue weighted by Gasteiger charge is -2.30. The van der Waals surface area contributed by atoms with Gasteiger partial charge in [0.15, 0.2) is 0 Å². The standard InChI is InChI=1S/C82H62/c1-5-81(6-2)71-41-25-24-28-55(71)56-45-42-52(48-72(56)81)77-63-33-16-20-37-67(63)79(68-38-21-17-34-64(68)77)80-69-39-22-18-35-65(69)78(66-36-19-23-40-70(66)80)54-44-47-58-57-46-43-53(49-73(57)82(7-3,8-4)74(58)50-54)76-61-31-14-12-29-59(61)75(51-26-10-9-11-27-51)60-30-13-15-32-62(60)76/h9-50H,5-8H2,1-4H3. The first-order chi connectivity index (χ1) is 40.5. The number of fused-ring (bicyclic) bond motifs is 12. The van der Waals surface area contributed by atoms with Crippen LogP contribution in [0.5, 0.6) is 0 Å². The number of hydrogen-bond donors (Lipinski definition) is 0. The molecule has 0 fully saturated rings. The van der Waals surface area contributed by atoms with Crippen LogP contribution in [-0.2, 0) is 10.8 Å². The SMILES string of the molecule is CCC1(CC)c2ccccc2-c2ccc(-c3c4ccccc4c(-c4c5ccccc5c(-c5ccc6c(c5)C(CC)(CC)c5cc(-c7c8ccccc8c(-c8ccccc8)c8ccccc78)ccc5-6)c5ccccc45)c4ccccc34)cc21. The molecule has 0 unspecified atom stereocenters.